The van der Waals surface area contributed by atoms with E-state index in [1.54, 1.807) is 6.07 Å². The van der Waals surface area contributed by atoms with Crippen molar-refractivity contribution in [2.75, 3.05) is 4.90 Å². The average molecular weight is 797 g/mol. The number of aromatic nitrogens is 1. The Morgan fingerprint density at radius 3 is 1.38 bits per heavy atom. The quantitative estimate of drug-likeness (QED) is 0.160. The first kappa shape index (κ1) is 36.3. The summed E-state index contributed by atoms with van der Waals surface area (Å²) in [4.78, 5) is 2.28. The van der Waals surface area contributed by atoms with Crippen LogP contribution in [0.3, 0.4) is 0 Å². The lowest BCUT2D eigenvalue weighted by Gasteiger charge is -2.26. The van der Waals surface area contributed by atoms with E-state index in [-0.39, 0.29) is 5.58 Å². The Morgan fingerprint density at radius 2 is 0.803 bits per heavy atom. The Morgan fingerprint density at radius 1 is 0.361 bits per heavy atom. The maximum Gasteiger partial charge on any atom is 0.420 e. The number of benzene rings is 9. The second-order valence-electron chi connectivity index (χ2n) is 15.2. The summed E-state index contributed by atoms with van der Waals surface area (Å²) in [5, 5.41) is 3.13. The number of hydrogen-bond acceptors (Lipinski definition) is 2. The summed E-state index contributed by atoms with van der Waals surface area (Å²) >= 11 is 0. The zero-order chi connectivity index (χ0) is 41.1. The minimum Gasteiger partial charge on any atom is -0.453 e. The van der Waals surface area contributed by atoms with Crippen molar-refractivity contribution in [2.24, 2.45) is 0 Å². The van der Waals surface area contributed by atoms with Crippen LogP contribution in [0.4, 0.5) is 30.2 Å². The number of halogens is 3. The number of alkyl halides is 3. The fourth-order valence-electron chi connectivity index (χ4n) is 8.73. The molecular formula is C55H35F3N2O. The molecule has 0 amide bonds. The number of hydrogen-bond donors (Lipinski definition) is 0. The molecule has 61 heavy (non-hydrogen) atoms. The molecule has 0 bridgehead atoms. The molecule has 0 saturated carbocycles. The molecule has 11 rings (SSSR count). The molecule has 292 valence electrons. The molecular weight excluding hydrogens is 762 g/mol. The van der Waals surface area contributed by atoms with E-state index >= 15 is 0 Å². The molecule has 0 radical (unpaired) electrons. The summed E-state index contributed by atoms with van der Waals surface area (Å²) in [5.41, 5.74) is 11.9. The molecule has 9 aromatic carbocycles. The van der Waals surface area contributed by atoms with Crippen molar-refractivity contribution in [3.05, 3.63) is 218 Å². The molecule has 0 atom stereocenters. The zero-order valence-electron chi connectivity index (χ0n) is 32.6. The van der Waals surface area contributed by atoms with Crippen LogP contribution in [0.2, 0.25) is 0 Å². The Bertz CT molecular complexity index is 3290. The van der Waals surface area contributed by atoms with Gasteiger partial charge in [-0.25, -0.2) is 0 Å². The molecule has 2 heterocycles. The summed E-state index contributed by atoms with van der Waals surface area (Å²) in [6, 6.07) is 71.1. The molecule has 6 heteroatoms. The van der Waals surface area contributed by atoms with Gasteiger partial charge in [0.25, 0.3) is 0 Å². The molecule has 3 nitrogen and oxygen atoms in total. The number of para-hydroxylation sites is 3. The third kappa shape index (κ3) is 6.32. The van der Waals surface area contributed by atoms with Gasteiger partial charge >= 0.3 is 6.18 Å². The predicted molar refractivity (Wildman–Crippen MR) is 244 cm³/mol. The van der Waals surface area contributed by atoms with Gasteiger partial charge in [-0.3, -0.25) is 0 Å². The molecule has 2 aromatic heterocycles. The van der Waals surface area contributed by atoms with Gasteiger partial charge in [0, 0.05) is 38.6 Å². The van der Waals surface area contributed by atoms with E-state index in [0.29, 0.717) is 22.0 Å². The molecule has 0 fully saturated rings. The second-order valence-corrected chi connectivity index (χ2v) is 15.2. The first-order valence-electron chi connectivity index (χ1n) is 20.2. The summed E-state index contributed by atoms with van der Waals surface area (Å²) in [6.45, 7) is 0. The number of nitrogens with zero attached hydrogens (tertiary/aromatic N) is 2. The van der Waals surface area contributed by atoms with Gasteiger partial charge in [0.05, 0.1) is 22.3 Å². The van der Waals surface area contributed by atoms with E-state index in [4.69, 9.17) is 4.42 Å². The van der Waals surface area contributed by atoms with Crippen molar-refractivity contribution >= 4 is 60.8 Å². The lowest BCUT2D eigenvalue weighted by molar-refractivity contribution is -0.136. The summed E-state index contributed by atoms with van der Waals surface area (Å²) < 4.78 is 50.5. The Kier molecular flexibility index (Phi) is 8.60. The van der Waals surface area contributed by atoms with Crippen LogP contribution in [0.25, 0.3) is 82.8 Å². The first-order valence-corrected chi connectivity index (χ1v) is 20.2. The normalized spacial score (nSPS) is 11.9. The van der Waals surface area contributed by atoms with Crippen LogP contribution >= 0.6 is 0 Å². The van der Waals surface area contributed by atoms with Crippen LogP contribution in [0, 0.1) is 0 Å². The third-order valence-electron chi connectivity index (χ3n) is 11.6. The largest absolute Gasteiger partial charge is 0.453 e. The van der Waals surface area contributed by atoms with Gasteiger partial charge in [0.15, 0.2) is 5.58 Å². The van der Waals surface area contributed by atoms with Crippen LogP contribution in [-0.2, 0) is 6.18 Å². The third-order valence-corrected chi connectivity index (χ3v) is 11.6. The van der Waals surface area contributed by atoms with Crippen LogP contribution in [0.1, 0.15) is 5.56 Å². The lowest BCUT2D eigenvalue weighted by Crippen LogP contribution is -2.09. The van der Waals surface area contributed by atoms with Crippen LogP contribution in [0.5, 0.6) is 0 Å². The Labute approximate surface area is 349 Å². The van der Waals surface area contributed by atoms with Crippen molar-refractivity contribution in [3.8, 4) is 39.1 Å². The predicted octanol–water partition coefficient (Wildman–Crippen LogP) is 16.2. The average Bonchev–Trinajstić information content (AvgIpc) is 3.86. The van der Waals surface area contributed by atoms with Gasteiger partial charge in [-0.1, -0.05) is 146 Å². The molecule has 0 N–H and O–H groups in total. The monoisotopic (exact) mass is 796 g/mol. The van der Waals surface area contributed by atoms with E-state index in [2.05, 4.69) is 155 Å². The van der Waals surface area contributed by atoms with Gasteiger partial charge in [0.2, 0.25) is 0 Å². The first-order chi connectivity index (χ1) is 29.9. The van der Waals surface area contributed by atoms with Crippen molar-refractivity contribution in [1.82, 2.24) is 4.57 Å². The van der Waals surface area contributed by atoms with E-state index in [9.17, 15) is 13.2 Å². The van der Waals surface area contributed by atoms with E-state index < -0.39 is 11.7 Å². The highest BCUT2D eigenvalue weighted by atomic mass is 19.4. The van der Waals surface area contributed by atoms with E-state index in [1.807, 2.05) is 48.5 Å². The standard InChI is InChI=1S/C55H35F3N2O/c56-55(57,58)49-18-9-16-46-47-17-10-20-52(54(47)61-53(46)49)60-50-19-8-7-15-45(50)48-35-41(27-34-51(48)60)40-25-32-44(33-26-40)59(42-28-21-38(22-29-42)36-11-3-1-4-12-36)43-30-23-39(24-31-43)37-13-5-2-6-14-37/h1-35H. The fraction of sp³-hybridized carbons (Fsp3) is 0.0182. The molecule has 0 unspecified atom stereocenters. The molecule has 11 aromatic rings. The highest BCUT2D eigenvalue weighted by Crippen LogP contribution is 2.43. The van der Waals surface area contributed by atoms with Gasteiger partial charge in [-0.05, 0) is 100 Å². The van der Waals surface area contributed by atoms with E-state index in [0.717, 1.165) is 67.2 Å². The zero-order valence-corrected chi connectivity index (χ0v) is 32.6. The number of furan rings is 1. The number of rotatable bonds is 7. The van der Waals surface area contributed by atoms with Gasteiger partial charge in [-0.15, -0.1) is 0 Å². The van der Waals surface area contributed by atoms with Crippen molar-refractivity contribution in [3.63, 3.8) is 0 Å². The van der Waals surface area contributed by atoms with Crippen molar-refractivity contribution in [2.45, 2.75) is 6.18 Å². The SMILES string of the molecule is FC(F)(F)c1cccc2c1oc1c(-n3c4ccccc4c4cc(-c5ccc(N(c6ccc(-c7ccccc7)cc6)c6ccc(-c7ccccc7)cc6)cc5)ccc43)cccc12. The molecule has 0 aliphatic heterocycles. The highest BCUT2D eigenvalue weighted by molar-refractivity contribution is 6.13. The Balaban J connectivity index is 0.992. The molecule has 0 aliphatic rings. The maximum atomic E-state index is 14.1. The smallest absolute Gasteiger partial charge is 0.420 e. The molecule has 0 aliphatic carbocycles. The number of anilines is 3. The van der Waals surface area contributed by atoms with Gasteiger partial charge in [0.1, 0.15) is 5.58 Å². The highest BCUT2D eigenvalue weighted by Gasteiger charge is 2.35. The summed E-state index contributed by atoms with van der Waals surface area (Å²) in [7, 11) is 0. The number of fused-ring (bicyclic) bond motifs is 6. The van der Waals surface area contributed by atoms with Crippen LogP contribution in [-0.4, -0.2) is 4.57 Å². The molecule has 0 saturated heterocycles. The summed E-state index contributed by atoms with van der Waals surface area (Å²) in [5.74, 6) is 0. The Hall–Kier alpha value is -7.83. The molecule has 0 spiro atoms. The van der Waals surface area contributed by atoms with E-state index in [1.165, 1.54) is 17.2 Å². The maximum absolute atomic E-state index is 14.1. The minimum atomic E-state index is -4.55. The van der Waals surface area contributed by atoms with Crippen LogP contribution < -0.4 is 4.90 Å². The summed E-state index contributed by atoms with van der Waals surface area (Å²) in [6.07, 6.45) is -4.55. The fourth-order valence-corrected chi connectivity index (χ4v) is 8.73. The lowest BCUT2D eigenvalue weighted by atomic mass is 10.0. The second kappa shape index (κ2) is 14.5. The minimum absolute atomic E-state index is 0.157. The van der Waals surface area contributed by atoms with Gasteiger partial charge < -0.3 is 13.9 Å². The van der Waals surface area contributed by atoms with Crippen molar-refractivity contribution < 1.29 is 17.6 Å². The van der Waals surface area contributed by atoms with Crippen LogP contribution in [0.15, 0.2) is 217 Å². The van der Waals surface area contributed by atoms with Crippen molar-refractivity contribution in [1.29, 1.82) is 0 Å². The van der Waals surface area contributed by atoms with Gasteiger partial charge in [-0.2, -0.15) is 13.2 Å². The topological polar surface area (TPSA) is 21.3 Å².